The summed E-state index contributed by atoms with van der Waals surface area (Å²) < 4.78 is 7.65. The second-order valence-corrected chi connectivity index (χ2v) is 7.94. The van der Waals surface area contributed by atoms with Crippen LogP contribution >= 0.6 is 0 Å². The molecule has 0 bridgehead atoms. The summed E-state index contributed by atoms with van der Waals surface area (Å²) in [6.07, 6.45) is 0. The van der Waals surface area contributed by atoms with Gasteiger partial charge in [-0.3, -0.25) is 9.59 Å². The lowest BCUT2D eigenvalue weighted by Crippen LogP contribution is -2.32. The van der Waals surface area contributed by atoms with Crippen LogP contribution in [0.5, 0.6) is 5.75 Å². The summed E-state index contributed by atoms with van der Waals surface area (Å²) in [5, 5.41) is 11.2. The number of nitrogens with one attached hydrogen (secondary N) is 3. The number of carbonyl (C=O) groups excluding carboxylic acids is 2. The first-order chi connectivity index (χ1) is 15.9. The van der Waals surface area contributed by atoms with Gasteiger partial charge >= 0.3 is 0 Å². The van der Waals surface area contributed by atoms with Crippen molar-refractivity contribution in [3.05, 3.63) is 60.7 Å². The van der Waals surface area contributed by atoms with E-state index in [1.165, 1.54) is 30.5 Å². The van der Waals surface area contributed by atoms with Gasteiger partial charge in [0.1, 0.15) is 11.8 Å². The number of hydrogen-bond donors (Lipinski definition) is 3. The van der Waals surface area contributed by atoms with Gasteiger partial charge in [-0.05, 0) is 56.3 Å². The van der Waals surface area contributed by atoms with Crippen LogP contribution in [0.4, 0.5) is 17.1 Å². The Balaban J connectivity index is 1.56. The lowest BCUT2D eigenvalue weighted by atomic mass is 10.1. The third-order valence-electron chi connectivity index (χ3n) is 5.64. The summed E-state index contributed by atoms with van der Waals surface area (Å²) in [6.45, 7) is 6.26. The van der Waals surface area contributed by atoms with Crippen LogP contribution in [-0.4, -0.2) is 29.5 Å². The molecule has 170 valence electrons. The quantitative estimate of drug-likeness (QED) is 0.365. The van der Waals surface area contributed by atoms with Crippen LogP contribution in [0, 0.1) is 0 Å². The van der Waals surface area contributed by atoms with Crippen LogP contribution in [0.3, 0.4) is 0 Å². The first-order valence-corrected chi connectivity index (χ1v) is 10.9. The number of fused-ring (bicyclic) bond motifs is 3. The third-order valence-corrected chi connectivity index (χ3v) is 5.64. The van der Waals surface area contributed by atoms with Gasteiger partial charge in [-0.25, -0.2) is 0 Å². The van der Waals surface area contributed by atoms with Gasteiger partial charge in [-0.2, -0.15) is 0 Å². The van der Waals surface area contributed by atoms with Crippen molar-refractivity contribution in [3.8, 4) is 5.75 Å². The van der Waals surface area contributed by atoms with E-state index < -0.39 is 6.04 Å². The number of nitrogens with zero attached hydrogens (tertiary/aromatic N) is 1. The molecule has 33 heavy (non-hydrogen) atoms. The number of methoxy groups -OCH3 is 1. The van der Waals surface area contributed by atoms with Crippen molar-refractivity contribution >= 4 is 50.7 Å². The minimum Gasteiger partial charge on any atom is -0.495 e. The number of aromatic nitrogens is 1. The zero-order valence-corrected chi connectivity index (χ0v) is 19.2. The van der Waals surface area contributed by atoms with E-state index in [1.54, 1.807) is 25.1 Å². The second-order valence-electron chi connectivity index (χ2n) is 7.94. The Bertz CT molecular complexity index is 1340. The molecule has 0 aliphatic rings. The van der Waals surface area contributed by atoms with Crippen molar-refractivity contribution in [2.75, 3.05) is 23.1 Å². The standard InChI is InChI=1S/C26H28N4O3/c1-5-30-23-9-7-6-8-20(23)21-14-18(10-12-24(21)30)27-16(2)26(32)29-22-15-19(28-17(3)31)11-13-25(22)33-4/h6-16,27H,5H2,1-4H3,(H,28,31)(H,29,32). The zero-order chi connectivity index (χ0) is 23.5. The second kappa shape index (κ2) is 9.24. The van der Waals surface area contributed by atoms with Gasteiger partial charge in [0.15, 0.2) is 0 Å². The van der Waals surface area contributed by atoms with Crippen molar-refractivity contribution < 1.29 is 14.3 Å². The van der Waals surface area contributed by atoms with Gasteiger partial charge in [0.25, 0.3) is 0 Å². The molecule has 3 N–H and O–H groups in total. The fourth-order valence-electron chi connectivity index (χ4n) is 4.13. The van der Waals surface area contributed by atoms with Crippen LogP contribution in [0.1, 0.15) is 20.8 Å². The molecule has 0 saturated carbocycles. The summed E-state index contributed by atoms with van der Waals surface area (Å²) in [5.41, 5.74) is 4.30. The average molecular weight is 445 g/mol. The number of anilines is 3. The van der Waals surface area contributed by atoms with E-state index in [-0.39, 0.29) is 11.8 Å². The highest BCUT2D eigenvalue weighted by Crippen LogP contribution is 2.31. The molecule has 2 amide bonds. The maximum atomic E-state index is 12.9. The monoisotopic (exact) mass is 444 g/mol. The summed E-state index contributed by atoms with van der Waals surface area (Å²) in [7, 11) is 1.53. The largest absolute Gasteiger partial charge is 0.495 e. The molecule has 0 aliphatic carbocycles. The van der Waals surface area contributed by atoms with Gasteiger partial charge in [0, 0.05) is 46.6 Å². The van der Waals surface area contributed by atoms with Crippen LogP contribution in [-0.2, 0) is 16.1 Å². The number of rotatable bonds is 7. The Morgan fingerprint density at radius 3 is 2.39 bits per heavy atom. The van der Waals surface area contributed by atoms with Gasteiger partial charge in [-0.15, -0.1) is 0 Å². The molecular formula is C26H28N4O3. The van der Waals surface area contributed by atoms with E-state index in [9.17, 15) is 9.59 Å². The predicted molar refractivity (Wildman–Crippen MR) is 134 cm³/mol. The highest BCUT2D eigenvalue weighted by Gasteiger charge is 2.17. The molecule has 1 heterocycles. The molecule has 1 unspecified atom stereocenters. The number of amides is 2. The van der Waals surface area contributed by atoms with Crippen LogP contribution in [0.25, 0.3) is 21.8 Å². The summed E-state index contributed by atoms with van der Waals surface area (Å²) in [4.78, 5) is 24.3. The van der Waals surface area contributed by atoms with Crippen molar-refractivity contribution in [2.24, 2.45) is 0 Å². The van der Waals surface area contributed by atoms with E-state index in [0.29, 0.717) is 17.1 Å². The van der Waals surface area contributed by atoms with Crippen LogP contribution in [0.2, 0.25) is 0 Å². The number of hydrogen-bond acceptors (Lipinski definition) is 4. The molecule has 0 radical (unpaired) electrons. The third kappa shape index (κ3) is 4.48. The summed E-state index contributed by atoms with van der Waals surface area (Å²) in [5.74, 6) is 0.107. The van der Waals surface area contributed by atoms with E-state index in [2.05, 4.69) is 51.7 Å². The Kier molecular flexibility index (Phi) is 6.22. The van der Waals surface area contributed by atoms with Crippen LogP contribution < -0.4 is 20.7 Å². The minimum absolute atomic E-state index is 0.188. The molecule has 0 fully saturated rings. The SMILES string of the molecule is CCn1c2ccccc2c2cc(NC(C)C(=O)Nc3cc(NC(C)=O)ccc3OC)ccc21. The van der Waals surface area contributed by atoms with Crippen LogP contribution in [0.15, 0.2) is 60.7 Å². The lowest BCUT2D eigenvalue weighted by molar-refractivity contribution is -0.116. The number of ether oxygens (including phenoxy) is 1. The molecule has 0 saturated heterocycles. The topological polar surface area (TPSA) is 84.4 Å². The molecule has 1 aromatic heterocycles. The molecule has 7 heteroatoms. The fourth-order valence-corrected chi connectivity index (χ4v) is 4.13. The van der Waals surface area contributed by atoms with E-state index in [0.717, 1.165) is 17.6 Å². The minimum atomic E-state index is -0.504. The lowest BCUT2D eigenvalue weighted by Gasteiger charge is -2.17. The Labute approximate surface area is 192 Å². The first kappa shape index (κ1) is 22.2. The normalized spacial score (nSPS) is 11.9. The molecule has 0 spiro atoms. The molecule has 4 rings (SSSR count). The highest BCUT2D eigenvalue weighted by molar-refractivity contribution is 6.09. The van der Waals surface area contributed by atoms with Gasteiger partial charge < -0.3 is 25.3 Å². The van der Waals surface area contributed by atoms with Crippen molar-refractivity contribution in [1.29, 1.82) is 0 Å². The van der Waals surface area contributed by atoms with E-state index in [4.69, 9.17) is 4.74 Å². The Morgan fingerprint density at radius 2 is 1.67 bits per heavy atom. The number of benzene rings is 3. The number of aryl methyl sites for hydroxylation is 1. The van der Waals surface area contributed by atoms with Gasteiger partial charge in [0.2, 0.25) is 11.8 Å². The van der Waals surface area contributed by atoms with Gasteiger partial charge in [0.05, 0.1) is 12.8 Å². The van der Waals surface area contributed by atoms with E-state index in [1.807, 2.05) is 18.2 Å². The maximum absolute atomic E-state index is 12.9. The Morgan fingerprint density at radius 1 is 0.939 bits per heavy atom. The molecular weight excluding hydrogens is 416 g/mol. The average Bonchev–Trinajstić information content (AvgIpc) is 3.12. The zero-order valence-electron chi connectivity index (χ0n) is 19.2. The fraction of sp³-hybridized carbons (Fsp3) is 0.231. The molecule has 4 aromatic rings. The number of carbonyl (C=O) groups is 2. The maximum Gasteiger partial charge on any atom is 0.246 e. The van der Waals surface area contributed by atoms with E-state index >= 15 is 0 Å². The van der Waals surface area contributed by atoms with Crippen molar-refractivity contribution in [1.82, 2.24) is 4.57 Å². The molecule has 7 nitrogen and oxygen atoms in total. The molecule has 3 aromatic carbocycles. The Hall–Kier alpha value is -4.00. The highest BCUT2D eigenvalue weighted by atomic mass is 16.5. The smallest absolute Gasteiger partial charge is 0.246 e. The predicted octanol–water partition coefficient (Wildman–Crippen LogP) is 5.22. The molecule has 1 atom stereocenters. The summed E-state index contributed by atoms with van der Waals surface area (Å²) in [6, 6.07) is 19.1. The van der Waals surface area contributed by atoms with Crippen molar-refractivity contribution in [3.63, 3.8) is 0 Å². The molecule has 0 aliphatic heterocycles. The summed E-state index contributed by atoms with van der Waals surface area (Å²) >= 11 is 0. The van der Waals surface area contributed by atoms with Gasteiger partial charge in [-0.1, -0.05) is 18.2 Å². The number of para-hydroxylation sites is 1. The van der Waals surface area contributed by atoms with Crippen molar-refractivity contribution in [2.45, 2.75) is 33.4 Å². The first-order valence-electron chi connectivity index (χ1n) is 10.9.